The number of hydrogen-bond donors (Lipinski definition) is 8. The molecule has 0 aromatic heterocycles. The van der Waals surface area contributed by atoms with Gasteiger partial charge in [0.25, 0.3) is 0 Å². The van der Waals surface area contributed by atoms with E-state index in [-0.39, 0.29) is 0 Å². The zero-order chi connectivity index (χ0) is 16.9. The Bertz CT molecular complexity index is 308. The van der Waals surface area contributed by atoms with Crippen molar-refractivity contribution in [2.24, 2.45) is 0 Å². The zero-order valence-corrected chi connectivity index (χ0v) is 23.7. The summed E-state index contributed by atoms with van der Waals surface area (Å²) in [5, 5.41) is 0. The Balaban J connectivity index is 4.23. The summed E-state index contributed by atoms with van der Waals surface area (Å²) in [6.07, 6.45) is -4.29. The lowest BCUT2D eigenvalue weighted by atomic mass is 10.6. The molecule has 0 nitrogen and oxygen atoms in total. The fourth-order valence-electron chi connectivity index (χ4n) is 0.789. The molecule has 0 bridgehead atoms. The van der Waals surface area contributed by atoms with Gasteiger partial charge in [-0.2, -0.15) is 0 Å². The van der Waals surface area contributed by atoms with Gasteiger partial charge in [-0.3, -0.25) is 0 Å². The summed E-state index contributed by atoms with van der Waals surface area (Å²) in [6, 6.07) is 0. The third kappa shape index (κ3) is 9.88. The number of rotatable bonds is 10. The van der Waals surface area contributed by atoms with E-state index in [1.165, 1.54) is 0 Å². The minimum atomic E-state index is -1.81. The second kappa shape index (κ2) is 11.3. The Hall–Kier alpha value is 5.31. The van der Waals surface area contributed by atoms with Crippen molar-refractivity contribution >= 4 is 158 Å². The van der Waals surface area contributed by atoms with Gasteiger partial charge in [-0.25, -0.2) is 0 Å². The van der Waals surface area contributed by atoms with E-state index in [2.05, 4.69) is 100 Å². The van der Waals surface area contributed by atoms with E-state index >= 15 is 0 Å². The molecule has 16 heteroatoms. The average molecular weight is 571 g/mol. The molecule has 132 valence electrons. The molecule has 0 heterocycles. The molecule has 0 saturated carbocycles. The van der Waals surface area contributed by atoms with Crippen molar-refractivity contribution in [2.45, 2.75) is 13.3 Å². The molecule has 0 amide bonds. The summed E-state index contributed by atoms with van der Waals surface area (Å²) in [7, 11) is 11.2. The van der Waals surface area contributed by atoms with E-state index in [4.69, 9.17) is 7.12 Å². The summed E-state index contributed by atoms with van der Waals surface area (Å²) < 4.78 is 0. The van der Waals surface area contributed by atoms with Crippen molar-refractivity contribution in [3.63, 3.8) is 0 Å². The summed E-state index contributed by atoms with van der Waals surface area (Å²) in [4.78, 5) is 0. The Kier molecular flexibility index (Phi) is 14.2. The van der Waals surface area contributed by atoms with Crippen LogP contribution in [0.15, 0.2) is 0 Å². The first-order valence-electron chi connectivity index (χ1n) is 5.10. The van der Waals surface area contributed by atoms with Crippen molar-refractivity contribution in [3.05, 3.63) is 0 Å². The number of thiol groups is 8. The first-order valence-corrected chi connectivity index (χ1v) is 25.7. The van der Waals surface area contributed by atoms with E-state index in [0.717, 1.165) is 23.7 Å². The lowest BCUT2D eigenvalue weighted by molar-refractivity contribution is 1.13. The molecule has 0 rings (SSSR count). The molecule has 0 saturated heterocycles. The highest BCUT2D eigenvalue weighted by Crippen LogP contribution is 3.12. The third-order valence-corrected chi connectivity index (χ3v) is 60.7. The van der Waals surface area contributed by atoms with Gasteiger partial charge in [0.05, 0.1) is 0 Å². The molecular weight excluding hydrogens is 552 g/mol. The predicted molar refractivity (Wildman–Crippen MR) is 156 cm³/mol. The molecule has 1 unspecified atom stereocenters. The Morgan fingerprint density at radius 3 is 1.71 bits per heavy atom. The van der Waals surface area contributed by atoms with Crippen LogP contribution in [0.25, 0.3) is 0 Å². The maximum atomic E-state index is 6.12. The van der Waals surface area contributed by atoms with Gasteiger partial charge in [0.15, 0.2) is 7.12 Å². The summed E-state index contributed by atoms with van der Waals surface area (Å²) in [6.45, 7) is 0.722. The summed E-state index contributed by atoms with van der Waals surface area (Å²) >= 11 is 36.4. The second-order valence-corrected chi connectivity index (χ2v) is 51.0. The Labute approximate surface area is 185 Å². The Morgan fingerprint density at radius 1 is 0.810 bits per heavy atom. The van der Waals surface area contributed by atoms with Crippen LogP contribution in [0.5, 0.6) is 0 Å². The van der Waals surface area contributed by atoms with Gasteiger partial charge in [0.1, 0.15) is 0 Å². The average Bonchev–Trinajstić information content (AvgIpc) is 2.26. The molecule has 0 N–H and O–H groups in total. The largest absolute Gasteiger partial charge is 0.179 e. The second-order valence-electron chi connectivity index (χ2n) is 3.28. The van der Waals surface area contributed by atoms with Gasteiger partial charge in [-0.1, -0.05) is 17.7 Å². The molecular formula is C5H19BS15. The van der Waals surface area contributed by atoms with Crippen molar-refractivity contribution in [2.75, 3.05) is 17.3 Å². The SMILES string of the molecule is [B]S(S)(SCC)SCCCSS(S)(S)S(S)(S)S(S)(S)S. The molecule has 0 aromatic rings. The highest BCUT2D eigenvalue weighted by molar-refractivity contribution is 10.1. The van der Waals surface area contributed by atoms with Crippen LogP contribution in [0.4, 0.5) is 0 Å². The zero-order valence-electron chi connectivity index (χ0n) is 10.8. The predicted octanol–water partition coefficient (Wildman–Crippen LogP) is 8.23. The van der Waals surface area contributed by atoms with Gasteiger partial charge in [0, 0.05) is 11.5 Å². The molecule has 2 radical (unpaired) electrons. The van der Waals surface area contributed by atoms with Crippen LogP contribution >= 0.6 is 151 Å². The molecule has 0 aliphatic rings. The third-order valence-electron chi connectivity index (χ3n) is 1.64. The van der Waals surface area contributed by atoms with Crippen LogP contribution in [0, 0.1) is 0 Å². The molecule has 0 fully saturated rings. The normalized spacial score (nSPS) is 20.6. The van der Waals surface area contributed by atoms with Crippen molar-refractivity contribution < 1.29 is 0 Å². The van der Waals surface area contributed by atoms with E-state index in [1.807, 2.05) is 0 Å². The monoisotopic (exact) mass is 570 g/mol. The molecule has 1 atom stereocenters. The topological polar surface area (TPSA) is 0 Å². The molecule has 0 spiro atoms. The smallest absolute Gasteiger partial charge is 0.145 e. The Morgan fingerprint density at radius 2 is 1.29 bits per heavy atom. The maximum Gasteiger partial charge on any atom is 0.179 e. The molecule has 0 aliphatic heterocycles. The molecule has 0 aliphatic carbocycles. The van der Waals surface area contributed by atoms with E-state index in [1.54, 1.807) is 32.4 Å². The molecule has 0 aromatic carbocycles. The minimum absolute atomic E-state index is 0.913. The van der Waals surface area contributed by atoms with Gasteiger partial charge < -0.3 is 0 Å². The quantitative estimate of drug-likeness (QED) is 0.0577. The van der Waals surface area contributed by atoms with Gasteiger partial charge in [-0.15, -0.1) is 122 Å². The first kappa shape index (κ1) is 26.3. The van der Waals surface area contributed by atoms with Crippen LogP contribution in [0.3, 0.4) is 0 Å². The van der Waals surface area contributed by atoms with Gasteiger partial charge in [-0.05, 0) is 30.6 Å². The van der Waals surface area contributed by atoms with Crippen LogP contribution in [-0.4, -0.2) is 24.4 Å². The molecule has 21 heavy (non-hydrogen) atoms. The van der Waals surface area contributed by atoms with Crippen LogP contribution in [-0.2, 0) is 0 Å². The van der Waals surface area contributed by atoms with Crippen molar-refractivity contribution in [1.29, 1.82) is 0 Å². The fraction of sp³-hybridized carbons (Fsp3) is 1.00. The van der Waals surface area contributed by atoms with Gasteiger partial charge >= 0.3 is 0 Å². The minimum Gasteiger partial charge on any atom is -0.145 e. The fourth-order valence-corrected chi connectivity index (χ4v) is 45.1. The van der Waals surface area contributed by atoms with E-state index in [9.17, 15) is 0 Å². The lowest BCUT2D eigenvalue weighted by Gasteiger charge is -2.53. The lowest BCUT2D eigenvalue weighted by Crippen LogP contribution is -1.90. The summed E-state index contributed by atoms with van der Waals surface area (Å²) in [5.41, 5.74) is 0. The maximum absolute atomic E-state index is 6.12. The highest BCUT2D eigenvalue weighted by Gasteiger charge is 2.42. The van der Waals surface area contributed by atoms with Crippen LogP contribution in [0.1, 0.15) is 13.3 Å². The van der Waals surface area contributed by atoms with Crippen molar-refractivity contribution in [3.8, 4) is 0 Å². The number of hydrogen-bond acceptors (Lipinski definition) is 11. The summed E-state index contributed by atoms with van der Waals surface area (Å²) in [5.74, 6) is 2.87. The van der Waals surface area contributed by atoms with Gasteiger partial charge in [0.2, 0.25) is 0 Å². The van der Waals surface area contributed by atoms with E-state index < -0.39 is 25.4 Å². The highest BCUT2D eigenvalue weighted by atomic mass is 34.5. The van der Waals surface area contributed by atoms with Crippen LogP contribution < -0.4 is 0 Å². The van der Waals surface area contributed by atoms with Crippen molar-refractivity contribution in [1.82, 2.24) is 0 Å². The standard InChI is InChI=1S/C5H19BS15/c1-2-15-18(6,7)16-4-3-5-17-20(11,12)21(13,14)19(8,9)10/h7-14H,2-5H2,1H3. The first-order chi connectivity index (χ1) is 9.27. The van der Waals surface area contributed by atoms with E-state index in [0.29, 0.717) is 0 Å². The van der Waals surface area contributed by atoms with Crippen LogP contribution in [0.2, 0.25) is 0 Å².